The van der Waals surface area contributed by atoms with Crippen LogP contribution in [0.5, 0.6) is 17.2 Å². The van der Waals surface area contributed by atoms with Gasteiger partial charge in [0.25, 0.3) is 0 Å². The highest BCUT2D eigenvalue weighted by molar-refractivity contribution is 7.80. The maximum atomic E-state index is 10.4. The van der Waals surface area contributed by atoms with Gasteiger partial charge in [0.15, 0.2) is 5.11 Å². The van der Waals surface area contributed by atoms with E-state index in [1.165, 1.54) is 0 Å². The lowest BCUT2D eigenvalue weighted by Crippen LogP contribution is -2.31. The monoisotopic (exact) mass is 419 g/mol. The molecular weight excluding hydrogens is 398 g/mol. The van der Waals surface area contributed by atoms with Gasteiger partial charge in [0.2, 0.25) is 0 Å². The highest BCUT2D eigenvalue weighted by atomic mass is 32.1. The molecule has 3 aromatic rings. The second-order valence-electron chi connectivity index (χ2n) is 6.82. The maximum Gasteiger partial charge on any atom is 0.194 e. The second-order valence-corrected chi connectivity index (χ2v) is 7.20. The Kier molecular flexibility index (Phi) is 5.54. The topological polar surface area (TPSA) is 77.3 Å². The van der Waals surface area contributed by atoms with Gasteiger partial charge in [-0.15, -0.1) is 0 Å². The van der Waals surface area contributed by atoms with E-state index in [0.29, 0.717) is 39.8 Å². The Morgan fingerprint density at radius 2 is 1.67 bits per heavy atom. The van der Waals surface area contributed by atoms with Crippen LogP contribution in [0.1, 0.15) is 23.6 Å². The molecular formula is C23H21N3O3S. The van der Waals surface area contributed by atoms with Crippen LogP contribution in [0.25, 0.3) is 0 Å². The van der Waals surface area contributed by atoms with Crippen LogP contribution in [-0.4, -0.2) is 33.2 Å². The Labute approximate surface area is 180 Å². The number of rotatable bonds is 4. The molecule has 0 bridgehead atoms. The summed E-state index contributed by atoms with van der Waals surface area (Å²) in [7, 11) is 1.60. The van der Waals surface area contributed by atoms with Crippen molar-refractivity contribution in [2.75, 3.05) is 12.4 Å². The van der Waals surface area contributed by atoms with Gasteiger partial charge in [0.05, 0.1) is 24.6 Å². The number of methoxy groups -OCH3 is 1. The fourth-order valence-corrected chi connectivity index (χ4v) is 3.79. The largest absolute Gasteiger partial charge is 0.508 e. The number of thiocarbonyl (C=S) groups is 1. The molecule has 0 amide bonds. The molecule has 1 heterocycles. The van der Waals surface area contributed by atoms with Gasteiger partial charge in [-0.1, -0.05) is 42.5 Å². The highest BCUT2D eigenvalue weighted by Crippen LogP contribution is 2.38. The zero-order valence-corrected chi connectivity index (χ0v) is 17.1. The van der Waals surface area contributed by atoms with Crippen LogP contribution in [0.15, 0.2) is 77.9 Å². The molecule has 0 saturated carbocycles. The molecule has 0 spiro atoms. The van der Waals surface area contributed by atoms with Gasteiger partial charge < -0.3 is 20.3 Å². The number of hydrogen-bond acceptors (Lipinski definition) is 5. The quantitative estimate of drug-likeness (QED) is 0.534. The number of nitrogens with zero attached hydrogens (tertiary/aromatic N) is 2. The number of ether oxygens (including phenoxy) is 1. The highest BCUT2D eigenvalue weighted by Gasteiger charge is 2.34. The SMILES string of the molecule is COc1ccccc1NC(=S)N1N=C(c2ccccc2O)C[C@H]1c1ccccc1O. The Morgan fingerprint density at radius 1 is 1.00 bits per heavy atom. The summed E-state index contributed by atoms with van der Waals surface area (Å²) in [6, 6.07) is 21.3. The Balaban J connectivity index is 1.71. The first-order valence-corrected chi connectivity index (χ1v) is 9.86. The number of aromatic hydroxyl groups is 2. The number of benzene rings is 3. The molecule has 1 aliphatic rings. The number of phenolic OH excluding ortho intramolecular Hbond substituents is 2. The minimum atomic E-state index is -0.324. The van der Waals surface area contributed by atoms with E-state index in [1.54, 1.807) is 36.4 Å². The third-order valence-electron chi connectivity index (χ3n) is 4.98. The number of phenols is 2. The van der Waals surface area contributed by atoms with Crippen LogP contribution in [0, 0.1) is 0 Å². The summed E-state index contributed by atoms with van der Waals surface area (Å²) < 4.78 is 5.40. The van der Waals surface area contributed by atoms with Crippen molar-refractivity contribution in [2.24, 2.45) is 5.10 Å². The summed E-state index contributed by atoms with van der Waals surface area (Å²) in [5.74, 6) is 0.974. The average Bonchev–Trinajstić information content (AvgIpc) is 3.20. The molecule has 3 aromatic carbocycles. The van der Waals surface area contributed by atoms with Gasteiger partial charge >= 0.3 is 0 Å². The third-order valence-corrected chi connectivity index (χ3v) is 5.27. The zero-order valence-electron chi connectivity index (χ0n) is 16.3. The van der Waals surface area contributed by atoms with Crippen molar-refractivity contribution in [1.29, 1.82) is 0 Å². The third kappa shape index (κ3) is 3.79. The first-order valence-electron chi connectivity index (χ1n) is 9.45. The Morgan fingerprint density at radius 3 is 2.40 bits per heavy atom. The van der Waals surface area contributed by atoms with E-state index in [9.17, 15) is 10.2 Å². The predicted octanol–water partition coefficient (Wildman–Crippen LogP) is 4.65. The van der Waals surface area contributed by atoms with Crippen LogP contribution >= 0.6 is 12.2 Å². The van der Waals surface area contributed by atoms with Crippen LogP contribution in [-0.2, 0) is 0 Å². The van der Waals surface area contributed by atoms with Crippen LogP contribution in [0.3, 0.4) is 0 Å². The molecule has 152 valence electrons. The second kappa shape index (κ2) is 8.42. The molecule has 0 fully saturated rings. The van der Waals surface area contributed by atoms with Crippen molar-refractivity contribution in [3.05, 3.63) is 83.9 Å². The first-order chi connectivity index (χ1) is 14.6. The van der Waals surface area contributed by atoms with Gasteiger partial charge in [-0.25, -0.2) is 5.01 Å². The number of anilines is 1. The molecule has 1 aliphatic heterocycles. The molecule has 0 saturated heterocycles. The summed E-state index contributed by atoms with van der Waals surface area (Å²) in [6.45, 7) is 0. The zero-order chi connectivity index (χ0) is 21.1. The van der Waals surface area contributed by atoms with E-state index < -0.39 is 0 Å². The van der Waals surface area contributed by atoms with Gasteiger partial charge in [-0.2, -0.15) is 5.10 Å². The molecule has 4 rings (SSSR count). The lowest BCUT2D eigenvalue weighted by molar-refractivity contribution is 0.359. The van der Waals surface area contributed by atoms with E-state index in [4.69, 9.17) is 22.1 Å². The van der Waals surface area contributed by atoms with Gasteiger partial charge in [0, 0.05) is 17.5 Å². The lowest BCUT2D eigenvalue weighted by atomic mass is 9.97. The fraction of sp³-hybridized carbons (Fsp3) is 0.130. The lowest BCUT2D eigenvalue weighted by Gasteiger charge is -2.25. The normalized spacial score (nSPS) is 15.6. The average molecular weight is 420 g/mol. The molecule has 0 aromatic heterocycles. The van der Waals surface area contributed by atoms with E-state index >= 15 is 0 Å². The minimum Gasteiger partial charge on any atom is -0.508 e. The van der Waals surface area contributed by atoms with Crippen molar-refractivity contribution in [3.8, 4) is 17.2 Å². The standard InChI is InChI=1S/C23H21N3O3S/c1-29-22-13-7-4-10-17(22)24-23(30)26-19(16-9-3-6-12-21(16)28)14-18(25-26)15-8-2-5-11-20(15)27/h2-13,19,27-28H,14H2,1H3,(H,24,30)/t19-/m0/s1. The molecule has 0 aliphatic carbocycles. The van der Waals surface area contributed by atoms with Crippen molar-refractivity contribution in [2.45, 2.75) is 12.5 Å². The Bertz CT molecular complexity index is 1120. The predicted molar refractivity (Wildman–Crippen MR) is 121 cm³/mol. The van der Waals surface area contributed by atoms with Crippen molar-refractivity contribution < 1.29 is 14.9 Å². The molecule has 6 nitrogen and oxygen atoms in total. The van der Waals surface area contributed by atoms with Gasteiger partial charge in [-0.05, 0) is 42.5 Å². The molecule has 3 N–H and O–H groups in total. The summed E-state index contributed by atoms with van der Waals surface area (Å²) in [5, 5.41) is 30.7. The summed E-state index contributed by atoms with van der Waals surface area (Å²) >= 11 is 5.67. The van der Waals surface area contributed by atoms with Crippen molar-refractivity contribution in [1.82, 2.24) is 5.01 Å². The van der Waals surface area contributed by atoms with Gasteiger partial charge in [0.1, 0.15) is 17.2 Å². The Hall–Kier alpha value is -3.58. The summed E-state index contributed by atoms with van der Waals surface area (Å²) in [4.78, 5) is 0. The first kappa shape index (κ1) is 19.7. The number of hydrazone groups is 1. The van der Waals surface area contributed by atoms with Crippen molar-refractivity contribution in [3.63, 3.8) is 0 Å². The molecule has 7 heteroatoms. The minimum absolute atomic E-state index is 0.151. The fourth-order valence-electron chi connectivity index (χ4n) is 3.51. The van der Waals surface area contributed by atoms with Crippen molar-refractivity contribution >= 4 is 28.7 Å². The number of para-hydroxylation sites is 4. The van der Waals surface area contributed by atoms with Crippen LogP contribution in [0.4, 0.5) is 5.69 Å². The van der Waals surface area contributed by atoms with Gasteiger partial charge in [-0.3, -0.25) is 0 Å². The summed E-state index contributed by atoms with van der Waals surface area (Å²) in [5.41, 5.74) is 2.74. The van der Waals surface area contributed by atoms with E-state index in [-0.39, 0.29) is 17.5 Å². The number of hydrogen-bond donors (Lipinski definition) is 3. The molecule has 0 unspecified atom stereocenters. The molecule has 1 atom stereocenters. The van der Waals surface area contributed by atoms with E-state index in [0.717, 1.165) is 0 Å². The molecule has 30 heavy (non-hydrogen) atoms. The van der Waals surface area contributed by atoms with E-state index in [1.807, 2.05) is 48.5 Å². The molecule has 0 radical (unpaired) electrons. The van der Waals surface area contributed by atoms with Crippen LogP contribution in [0.2, 0.25) is 0 Å². The number of nitrogens with one attached hydrogen (secondary N) is 1. The smallest absolute Gasteiger partial charge is 0.194 e. The van der Waals surface area contributed by atoms with E-state index in [2.05, 4.69) is 5.32 Å². The van der Waals surface area contributed by atoms with Crippen LogP contribution < -0.4 is 10.1 Å². The maximum absolute atomic E-state index is 10.4. The summed E-state index contributed by atoms with van der Waals surface area (Å²) in [6.07, 6.45) is 0.475.